The van der Waals surface area contributed by atoms with Gasteiger partial charge in [-0.2, -0.15) is 5.10 Å². The van der Waals surface area contributed by atoms with Crippen molar-refractivity contribution < 1.29 is 4.39 Å². The first kappa shape index (κ1) is 12.9. The summed E-state index contributed by atoms with van der Waals surface area (Å²) in [4.78, 5) is 0. The Morgan fingerprint density at radius 2 is 1.72 bits per heavy atom. The molecule has 0 saturated heterocycles. The average Bonchev–Trinajstić information content (AvgIpc) is 2.35. The topological polar surface area (TPSA) is 24.4 Å². The fourth-order valence-electron chi connectivity index (χ4n) is 1.35. The molecule has 0 aliphatic heterocycles. The molecular weight excluding hydrogens is 274 g/mol. The first-order valence-electron chi connectivity index (χ1n) is 5.16. The van der Waals surface area contributed by atoms with Crippen LogP contribution in [0.2, 0.25) is 10.0 Å². The Morgan fingerprint density at radius 3 is 2.44 bits per heavy atom. The molecule has 0 bridgehead atoms. The van der Waals surface area contributed by atoms with E-state index in [0.29, 0.717) is 15.7 Å². The van der Waals surface area contributed by atoms with Crippen LogP contribution in [-0.4, -0.2) is 6.21 Å². The van der Waals surface area contributed by atoms with Gasteiger partial charge in [0.2, 0.25) is 0 Å². The molecule has 0 atom stereocenters. The van der Waals surface area contributed by atoms with E-state index in [2.05, 4.69) is 10.5 Å². The van der Waals surface area contributed by atoms with Gasteiger partial charge in [0.15, 0.2) is 0 Å². The summed E-state index contributed by atoms with van der Waals surface area (Å²) in [6.07, 6.45) is 1.32. The molecule has 0 aromatic heterocycles. The summed E-state index contributed by atoms with van der Waals surface area (Å²) in [6, 6.07) is 11.6. The van der Waals surface area contributed by atoms with Crippen molar-refractivity contribution >= 4 is 35.1 Å². The largest absolute Gasteiger partial charge is 0.277 e. The molecule has 2 aromatic rings. The van der Waals surface area contributed by atoms with Gasteiger partial charge in [0, 0.05) is 5.56 Å². The Hall–Kier alpha value is -1.58. The minimum absolute atomic E-state index is 0.235. The molecule has 92 valence electrons. The number of anilines is 1. The normalized spacial score (nSPS) is 10.8. The Balaban J connectivity index is 2.15. The summed E-state index contributed by atoms with van der Waals surface area (Å²) in [5.41, 5.74) is 3.60. The molecule has 0 saturated carbocycles. The minimum Gasteiger partial charge on any atom is -0.277 e. The minimum atomic E-state index is -0.424. The first-order valence-corrected chi connectivity index (χ1v) is 5.91. The molecule has 0 aliphatic rings. The highest BCUT2D eigenvalue weighted by atomic mass is 35.5. The van der Waals surface area contributed by atoms with Crippen LogP contribution in [-0.2, 0) is 0 Å². The molecule has 0 aliphatic carbocycles. The molecule has 0 radical (unpaired) electrons. The van der Waals surface area contributed by atoms with Gasteiger partial charge in [-0.3, -0.25) is 5.43 Å². The molecule has 18 heavy (non-hydrogen) atoms. The molecule has 0 amide bonds. The maximum atomic E-state index is 13.4. The number of hydrazone groups is 1. The standard InChI is InChI=1S/C13H9Cl2FN2/c14-10-5-3-6-12(16)9(10)8-17-18-13-7-2-1-4-11(13)15/h1-8,18H/b17-8-. The van der Waals surface area contributed by atoms with Gasteiger partial charge >= 0.3 is 0 Å². The number of nitrogens with one attached hydrogen (secondary N) is 1. The van der Waals surface area contributed by atoms with E-state index in [0.717, 1.165) is 0 Å². The van der Waals surface area contributed by atoms with Gasteiger partial charge < -0.3 is 0 Å². The van der Waals surface area contributed by atoms with E-state index >= 15 is 0 Å². The van der Waals surface area contributed by atoms with Crippen LogP contribution < -0.4 is 5.43 Å². The highest BCUT2D eigenvalue weighted by Gasteiger charge is 2.03. The summed E-state index contributed by atoms with van der Waals surface area (Å²) in [7, 11) is 0. The van der Waals surface area contributed by atoms with Gasteiger partial charge in [-0.25, -0.2) is 4.39 Å². The quantitative estimate of drug-likeness (QED) is 0.647. The first-order chi connectivity index (χ1) is 8.68. The van der Waals surface area contributed by atoms with Crippen LogP contribution >= 0.6 is 23.2 Å². The van der Waals surface area contributed by atoms with E-state index in [4.69, 9.17) is 23.2 Å². The highest BCUT2D eigenvalue weighted by molar-refractivity contribution is 6.33. The Bertz CT molecular complexity index is 565. The van der Waals surface area contributed by atoms with E-state index < -0.39 is 5.82 Å². The van der Waals surface area contributed by atoms with Crippen LogP contribution in [0.25, 0.3) is 0 Å². The zero-order valence-corrected chi connectivity index (χ0v) is 10.7. The van der Waals surface area contributed by atoms with Crippen molar-refractivity contribution in [3.8, 4) is 0 Å². The second-order valence-electron chi connectivity index (χ2n) is 3.49. The molecule has 0 unspecified atom stereocenters. The van der Waals surface area contributed by atoms with Crippen LogP contribution in [0, 0.1) is 5.82 Å². The molecule has 1 N–H and O–H groups in total. The number of nitrogens with zero attached hydrogens (tertiary/aromatic N) is 1. The lowest BCUT2D eigenvalue weighted by Crippen LogP contribution is -1.94. The van der Waals surface area contributed by atoms with E-state index in [1.807, 2.05) is 12.1 Å². The molecule has 2 nitrogen and oxygen atoms in total. The van der Waals surface area contributed by atoms with Crippen molar-refractivity contribution in [3.05, 3.63) is 63.9 Å². The lowest BCUT2D eigenvalue weighted by atomic mass is 10.2. The summed E-state index contributed by atoms with van der Waals surface area (Å²) in [5.74, 6) is -0.424. The van der Waals surface area contributed by atoms with Gasteiger partial charge in [0.05, 0.1) is 21.9 Å². The van der Waals surface area contributed by atoms with Gasteiger partial charge in [-0.15, -0.1) is 0 Å². The van der Waals surface area contributed by atoms with Crippen LogP contribution in [0.15, 0.2) is 47.6 Å². The Kier molecular flexibility index (Phi) is 4.18. The summed E-state index contributed by atoms with van der Waals surface area (Å²) in [5, 5.41) is 4.75. The maximum absolute atomic E-state index is 13.4. The summed E-state index contributed by atoms with van der Waals surface area (Å²) >= 11 is 11.8. The summed E-state index contributed by atoms with van der Waals surface area (Å²) in [6.45, 7) is 0. The van der Waals surface area contributed by atoms with Crippen LogP contribution in [0.3, 0.4) is 0 Å². The van der Waals surface area contributed by atoms with E-state index in [-0.39, 0.29) is 5.56 Å². The molecule has 2 rings (SSSR count). The number of rotatable bonds is 3. The number of halogens is 3. The fourth-order valence-corrected chi connectivity index (χ4v) is 1.74. The number of hydrogen-bond acceptors (Lipinski definition) is 2. The van der Waals surface area contributed by atoms with Crippen molar-refractivity contribution in [1.82, 2.24) is 0 Å². The van der Waals surface area contributed by atoms with E-state index in [9.17, 15) is 4.39 Å². The second-order valence-corrected chi connectivity index (χ2v) is 4.30. The van der Waals surface area contributed by atoms with E-state index in [1.54, 1.807) is 18.2 Å². The van der Waals surface area contributed by atoms with Gasteiger partial charge in [-0.1, -0.05) is 41.4 Å². The smallest absolute Gasteiger partial charge is 0.133 e. The zero-order valence-electron chi connectivity index (χ0n) is 9.20. The van der Waals surface area contributed by atoms with Crippen molar-refractivity contribution in [1.29, 1.82) is 0 Å². The maximum Gasteiger partial charge on any atom is 0.133 e. The van der Waals surface area contributed by atoms with E-state index in [1.165, 1.54) is 18.3 Å². The van der Waals surface area contributed by atoms with Crippen LogP contribution in [0.4, 0.5) is 10.1 Å². The molecule has 0 fully saturated rings. The predicted octanol–water partition coefficient (Wildman–Crippen LogP) is 4.58. The lowest BCUT2D eigenvalue weighted by molar-refractivity contribution is 0.626. The Labute approximate surface area is 114 Å². The zero-order chi connectivity index (χ0) is 13.0. The second kappa shape index (κ2) is 5.85. The molecule has 2 aromatic carbocycles. The van der Waals surface area contributed by atoms with Gasteiger partial charge in [0.25, 0.3) is 0 Å². The predicted molar refractivity (Wildman–Crippen MR) is 74.1 cm³/mol. The van der Waals surface area contributed by atoms with Crippen molar-refractivity contribution in [2.24, 2.45) is 5.10 Å². The Morgan fingerprint density at radius 1 is 1.00 bits per heavy atom. The van der Waals surface area contributed by atoms with Gasteiger partial charge in [0.1, 0.15) is 5.82 Å². The SMILES string of the molecule is Fc1cccc(Cl)c1/C=N\Nc1ccccc1Cl. The van der Waals surface area contributed by atoms with Crippen LogP contribution in [0.1, 0.15) is 5.56 Å². The van der Waals surface area contributed by atoms with Crippen molar-refractivity contribution in [2.75, 3.05) is 5.43 Å². The molecule has 5 heteroatoms. The average molecular weight is 283 g/mol. The number of benzene rings is 2. The van der Waals surface area contributed by atoms with Gasteiger partial charge in [-0.05, 0) is 24.3 Å². The third-order valence-corrected chi connectivity index (χ3v) is 2.91. The summed E-state index contributed by atoms with van der Waals surface area (Å²) < 4.78 is 13.4. The number of hydrogen-bond donors (Lipinski definition) is 1. The number of para-hydroxylation sites is 1. The molecule has 0 spiro atoms. The molecule has 0 heterocycles. The van der Waals surface area contributed by atoms with Crippen molar-refractivity contribution in [3.63, 3.8) is 0 Å². The highest BCUT2D eigenvalue weighted by Crippen LogP contribution is 2.21. The molecular formula is C13H9Cl2FN2. The van der Waals surface area contributed by atoms with Crippen LogP contribution in [0.5, 0.6) is 0 Å². The third kappa shape index (κ3) is 3.00. The lowest BCUT2D eigenvalue weighted by Gasteiger charge is -2.03. The monoisotopic (exact) mass is 282 g/mol. The van der Waals surface area contributed by atoms with Crippen molar-refractivity contribution in [2.45, 2.75) is 0 Å². The fraction of sp³-hybridized carbons (Fsp3) is 0. The third-order valence-electron chi connectivity index (χ3n) is 2.25.